The van der Waals surface area contributed by atoms with Crippen molar-refractivity contribution in [2.75, 3.05) is 13.1 Å². The van der Waals surface area contributed by atoms with Crippen LogP contribution in [0.3, 0.4) is 0 Å². The maximum atomic E-state index is 13.6. The summed E-state index contributed by atoms with van der Waals surface area (Å²) < 4.78 is 0. The second-order valence-corrected chi connectivity index (χ2v) is 9.87. The first-order valence-electron chi connectivity index (χ1n) is 13.4. The predicted molar refractivity (Wildman–Crippen MR) is 132 cm³/mol. The van der Waals surface area contributed by atoms with Crippen molar-refractivity contribution in [3.05, 3.63) is 35.4 Å². The van der Waals surface area contributed by atoms with E-state index in [1.807, 2.05) is 24.3 Å². The predicted octanol–water partition coefficient (Wildman–Crippen LogP) is 6.84. The smallest absolute Gasteiger partial charge is 0.254 e. The van der Waals surface area contributed by atoms with Crippen LogP contribution in [-0.4, -0.2) is 46.8 Å². The van der Waals surface area contributed by atoms with Crippen LogP contribution >= 0.6 is 0 Å². The molecule has 0 aromatic heterocycles. The Morgan fingerprint density at radius 2 is 1.12 bits per heavy atom. The molecule has 2 aliphatic carbocycles. The van der Waals surface area contributed by atoms with Crippen molar-refractivity contribution in [2.24, 2.45) is 0 Å². The van der Waals surface area contributed by atoms with Crippen molar-refractivity contribution in [3.63, 3.8) is 0 Å². The van der Waals surface area contributed by atoms with E-state index in [2.05, 4.69) is 23.6 Å². The molecule has 0 saturated heterocycles. The number of nitrogens with zero attached hydrogens (tertiary/aromatic N) is 2. The summed E-state index contributed by atoms with van der Waals surface area (Å²) in [5, 5.41) is 0. The highest BCUT2D eigenvalue weighted by molar-refractivity contribution is 6.00. The van der Waals surface area contributed by atoms with Gasteiger partial charge in [-0.05, 0) is 56.7 Å². The van der Waals surface area contributed by atoms with E-state index in [9.17, 15) is 9.59 Å². The van der Waals surface area contributed by atoms with Gasteiger partial charge in [0.1, 0.15) is 0 Å². The third-order valence-electron chi connectivity index (χ3n) is 7.41. The fraction of sp³-hybridized carbons (Fsp3) is 0.714. The summed E-state index contributed by atoms with van der Waals surface area (Å²) in [7, 11) is 0. The lowest BCUT2D eigenvalue weighted by atomic mass is 9.92. The van der Waals surface area contributed by atoms with E-state index in [1.54, 1.807) is 0 Å². The van der Waals surface area contributed by atoms with Gasteiger partial charge in [0, 0.05) is 36.3 Å². The Hall–Kier alpha value is -1.84. The van der Waals surface area contributed by atoms with Gasteiger partial charge in [0.05, 0.1) is 0 Å². The van der Waals surface area contributed by atoms with Crippen LogP contribution in [0.1, 0.15) is 124 Å². The van der Waals surface area contributed by atoms with Gasteiger partial charge in [0.2, 0.25) is 0 Å². The highest BCUT2D eigenvalue weighted by atomic mass is 16.2. The topological polar surface area (TPSA) is 40.6 Å². The lowest BCUT2D eigenvalue weighted by molar-refractivity contribution is 0.0629. The van der Waals surface area contributed by atoms with Crippen LogP contribution in [0.2, 0.25) is 0 Å². The SMILES string of the molecule is CCCCN(C(=O)c1cccc(C(=O)N(CCCC)C2CCCCC2)c1)C1CCCCC1. The average molecular weight is 441 g/mol. The van der Waals surface area contributed by atoms with Crippen LogP contribution in [0.15, 0.2) is 24.3 Å². The van der Waals surface area contributed by atoms with Gasteiger partial charge in [-0.15, -0.1) is 0 Å². The maximum Gasteiger partial charge on any atom is 0.254 e. The zero-order chi connectivity index (χ0) is 22.8. The van der Waals surface area contributed by atoms with Crippen molar-refractivity contribution in [1.29, 1.82) is 0 Å². The molecule has 2 aliphatic rings. The number of benzene rings is 1. The van der Waals surface area contributed by atoms with Gasteiger partial charge in [-0.2, -0.15) is 0 Å². The first-order chi connectivity index (χ1) is 15.7. The summed E-state index contributed by atoms with van der Waals surface area (Å²) in [5.41, 5.74) is 1.35. The molecule has 0 aliphatic heterocycles. The second-order valence-electron chi connectivity index (χ2n) is 9.87. The van der Waals surface area contributed by atoms with Gasteiger partial charge in [-0.25, -0.2) is 0 Å². The summed E-state index contributed by atoms with van der Waals surface area (Å²) in [6.45, 7) is 6.00. The largest absolute Gasteiger partial charge is 0.336 e. The average Bonchev–Trinajstić information content (AvgIpc) is 2.85. The lowest BCUT2D eigenvalue weighted by Crippen LogP contribution is -2.43. The van der Waals surface area contributed by atoms with Crippen molar-refractivity contribution in [2.45, 2.75) is 116 Å². The van der Waals surface area contributed by atoms with Crippen LogP contribution in [0, 0.1) is 0 Å². The Morgan fingerprint density at radius 1 is 0.719 bits per heavy atom. The van der Waals surface area contributed by atoms with E-state index < -0.39 is 0 Å². The molecule has 2 amide bonds. The van der Waals surface area contributed by atoms with Crippen molar-refractivity contribution in [1.82, 2.24) is 9.80 Å². The minimum absolute atomic E-state index is 0.109. The molecule has 0 radical (unpaired) electrons. The maximum absolute atomic E-state index is 13.6. The van der Waals surface area contributed by atoms with Gasteiger partial charge in [0.15, 0.2) is 0 Å². The van der Waals surface area contributed by atoms with Gasteiger partial charge < -0.3 is 9.80 Å². The van der Waals surface area contributed by atoms with Crippen LogP contribution in [-0.2, 0) is 0 Å². The zero-order valence-electron chi connectivity index (χ0n) is 20.5. The van der Waals surface area contributed by atoms with Crippen molar-refractivity contribution >= 4 is 11.8 Å². The highest BCUT2D eigenvalue weighted by Crippen LogP contribution is 2.27. The summed E-state index contributed by atoms with van der Waals surface area (Å²) in [4.78, 5) is 31.4. The molecule has 4 heteroatoms. The molecule has 0 heterocycles. The summed E-state index contributed by atoms with van der Waals surface area (Å²) in [5.74, 6) is 0.218. The molecule has 3 rings (SSSR count). The molecule has 0 N–H and O–H groups in total. The molecule has 178 valence electrons. The van der Waals surface area contributed by atoms with Crippen LogP contribution < -0.4 is 0 Å². The second kappa shape index (κ2) is 13.0. The molecule has 1 aromatic rings. The van der Waals surface area contributed by atoms with E-state index in [0.29, 0.717) is 23.2 Å². The number of hydrogen-bond acceptors (Lipinski definition) is 2. The Balaban J connectivity index is 1.79. The fourth-order valence-electron chi connectivity index (χ4n) is 5.46. The van der Waals surface area contributed by atoms with E-state index in [0.717, 1.165) is 64.5 Å². The quantitative estimate of drug-likeness (QED) is 0.400. The van der Waals surface area contributed by atoms with Gasteiger partial charge in [-0.3, -0.25) is 9.59 Å². The van der Waals surface area contributed by atoms with E-state index in [-0.39, 0.29) is 11.8 Å². The molecule has 0 bridgehead atoms. The van der Waals surface area contributed by atoms with Crippen LogP contribution in [0.5, 0.6) is 0 Å². The van der Waals surface area contributed by atoms with Gasteiger partial charge in [0.25, 0.3) is 11.8 Å². The monoisotopic (exact) mass is 440 g/mol. The lowest BCUT2D eigenvalue weighted by Gasteiger charge is -2.35. The third-order valence-corrected chi connectivity index (χ3v) is 7.41. The fourth-order valence-corrected chi connectivity index (χ4v) is 5.46. The molecule has 1 aromatic carbocycles. The highest BCUT2D eigenvalue weighted by Gasteiger charge is 2.28. The molecule has 0 unspecified atom stereocenters. The van der Waals surface area contributed by atoms with Gasteiger partial charge >= 0.3 is 0 Å². The minimum atomic E-state index is 0.109. The summed E-state index contributed by atoms with van der Waals surface area (Å²) in [6, 6.07) is 8.28. The third kappa shape index (κ3) is 6.59. The molecular formula is C28H44N2O2. The molecule has 2 saturated carbocycles. The van der Waals surface area contributed by atoms with Crippen LogP contribution in [0.4, 0.5) is 0 Å². The van der Waals surface area contributed by atoms with Crippen LogP contribution in [0.25, 0.3) is 0 Å². The molecule has 32 heavy (non-hydrogen) atoms. The standard InChI is InChI=1S/C28H44N2O2/c1-3-5-20-29(25-16-9-7-10-17-25)27(31)23-14-13-15-24(22-23)28(32)30(21-6-4-2)26-18-11-8-12-19-26/h13-15,22,25-26H,3-12,16-21H2,1-2H3. The Kier molecular flexibility index (Phi) is 10.1. The summed E-state index contributed by atoms with van der Waals surface area (Å²) in [6.07, 6.45) is 16.1. The van der Waals surface area contributed by atoms with E-state index in [4.69, 9.17) is 0 Å². The number of hydrogen-bond donors (Lipinski definition) is 0. The van der Waals surface area contributed by atoms with E-state index in [1.165, 1.54) is 38.5 Å². The first kappa shape index (κ1) is 24.8. The Labute approximate surface area is 195 Å². The number of carbonyl (C=O) groups is 2. The van der Waals surface area contributed by atoms with Crippen molar-refractivity contribution < 1.29 is 9.59 Å². The first-order valence-corrected chi connectivity index (χ1v) is 13.4. The molecular weight excluding hydrogens is 396 g/mol. The normalized spacial score (nSPS) is 17.8. The molecule has 0 atom stereocenters. The number of carbonyl (C=O) groups excluding carboxylic acids is 2. The zero-order valence-corrected chi connectivity index (χ0v) is 20.5. The molecule has 4 nitrogen and oxygen atoms in total. The Bertz CT molecular complexity index is 663. The van der Waals surface area contributed by atoms with Crippen molar-refractivity contribution in [3.8, 4) is 0 Å². The number of unbranched alkanes of at least 4 members (excludes halogenated alkanes) is 2. The Morgan fingerprint density at radius 3 is 1.50 bits per heavy atom. The minimum Gasteiger partial charge on any atom is -0.336 e. The number of rotatable bonds is 10. The number of amides is 2. The molecule has 0 spiro atoms. The molecule has 2 fully saturated rings. The van der Waals surface area contributed by atoms with E-state index >= 15 is 0 Å². The summed E-state index contributed by atoms with van der Waals surface area (Å²) >= 11 is 0. The van der Waals surface area contributed by atoms with Gasteiger partial charge in [-0.1, -0.05) is 71.3 Å².